The number of pyridine rings is 1. The Morgan fingerprint density at radius 3 is 2.39 bits per heavy atom. The molecule has 0 fully saturated rings. The number of halogens is 3. The number of benzene rings is 3. The van der Waals surface area contributed by atoms with Crippen LogP contribution >= 0.6 is 0 Å². The Labute approximate surface area is 233 Å². The van der Waals surface area contributed by atoms with Crippen molar-refractivity contribution in [1.29, 1.82) is 0 Å². The summed E-state index contributed by atoms with van der Waals surface area (Å²) in [7, 11) is 1.63. The molecule has 208 valence electrons. The number of aryl methyl sites for hydroxylation is 1. The van der Waals surface area contributed by atoms with E-state index in [-0.39, 0.29) is 12.4 Å². The van der Waals surface area contributed by atoms with Gasteiger partial charge in [-0.2, -0.15) is 18.3 Å². The zero-order valence-corrected chi connectivity index (χ0v) is 22.0. The van der Waals surface area contributed by atoms with Crippen LogP contribution in [0.3, 0.4) is 0 Å². The van der Waals surface area contributed by atoms with Crippen molar-refractivity contribution in [3.63, 3.8) is 0 Å². The van der Waals surface area contributed by atoms with E-state index in [4.69, 9.17) is 9.47 Å². The average molecular weight is 560 g/mol. The molecule has 2 heterocycles. The molecule has 0 aliphatic rings. The zero-order chi connectivity index (χ0) is 29.1. The van der Waals surface area contributed by atoms with Crippen LogP contribution < -0.4 is 9.47 Å². The number of methoxy groups -OCH3 is 1. The Kier molecular flexibility index (Phi) is 7.47. The summed E-state index contributed by atoms with van der Waals surface area (Å²) in [6.45, 7) is 2.27. The normalized spacial score (nSPS) is 11.3. The summed E-state index contributed by atoms with van der Waals surface area (Å²) in [5.41, 5.74) is 2.68. The number of hydrogen-bond donors (Lipinski definition) is 1. The molecule has 41 heavy (non-hydrogen) atoms. The number of carboxylic acids is 1. The van der Waals surface area contributed by atoms with Crippen molar-refractivity contribution in [2.75, 3.05) is 7.11 Å². The Bertz CT molecular complexity index is 1710. The second kappa shape index (κ2) is 11.2. The lowest BCUT2D eigenvalue weighted by Crippen LogP contribution is -2.18. The van der Waals surface area contributed by atoms with Gasteiger partial charge in [0.2, 0.25) is 0 Å². The molecule has 3 aromatic carbocycles. The van der Waals surface area contributed by atoms with Crippen LogP contribution in [0.1, 0.15) is 27.2 Å². The molecular formula is C31H24F3N3O4. The van der Waals surface area contributed by atoms with Crippen LogP contribution in [-0.2, 0) is 12.8 Å². The molecule has 10 heteroatoms. The third kappa shape index (κ3) is 5.76. The first-order valence-electron chi connectivity index (χ1n) is 12.5. The lowest BCUT2D eigenvalue weighted by atomic mass is 9.99. The fraction of sp³-hybridized carbons (Fsp3) is 0.129. The molecule has 1 N–H and O–H groups in total. The quantitative estimate of drug-likeness (QED) is 0.216. The molecule has 0 aliphatic heterocycles. The Balaban J connectivity index is 1.39. The highest BCUT2D eigenvalue weighted by atomic mass is 19.4. The number of aromatic nitrogens is 3. The van der Waals surface area contributed by atoms with E-state index in [1.165, 1.54) is 12.1 Å². The van der Waals surface area contributed by atoms with Crippen LogP contribution in [-0.4, -0.2) is 33.0 Å². The molecule has 5 rings (SSSR count). The van der Waals surface area contributed by atoms with Gasteiger partial charge in [0, 0.05) is 5.56 Å². The first-order valence-corrected chi connectivity index (χ1v) is 12.5. The molecule has 0 aliphatic carbocycles. The average Bonchev–Trinajstić information content (AvgIpc) is 3.44. The highest BCUT2D eigenvalue weighted by molar-refractivity contribution is 5.89. The van der Waals surface area contributed by atoms with Crippen molar-refractivity contribution >= 4 is 5.97 Å². The zero-order valence-electron chi connectivity index (χ0n) is 22.0. The van der Waals surface area contributed by atoms with Crippen molar-refractivity contribution in [3.05, 3.63) is 114 Å². The molecule has 0 spiro atoms. The van der Waals surface area contributed by atoms with Crippen molar-refractivity contribution in [1.82, 2.24) is 14.8 Å². The highest BCUT2D eigenvalue weighted by Gasteiger charge is 2.41. The highest BCUT2D eigenvalue weighted by Crippen LogP contribution is 2.35. The summed E-state index contributed by atoms with van der Waals surface area (Å²) in [6, 6.07) is 25.4. The minimum Gasteiger partial charge on any atom is -0.497 e. The van der Waals surface area contributed by atoms with E-state index in [0.29, 0.717) is 27.9 Å². The minimum absolute atomic E-state index is 0.179. The van der Waals surface area contributed by atoms with Gasteiger partial charge in [-0.1, -0.05) is 48.5 Å². The summed E-state index contributed by atoms with van der Waals surface area (Å²) in [6.07, 6.45) is -4.29. The van der Waals surface area contributed by atoms with E-state index in [1.807, 2.05) is 49.4 Å². The molecule has 0 saturated heterocycles. The van der Waals surface area contributed by atoms with Gasteiger partial charge in [-0.25, -0.2) is 14.5 Å². The number of para-hydroxylation sites is 1. The first kappa shape index (κ1) is 27.4. The van der Waals surface area contributed by atoms with E-state index in [0.717, 1.165) is 28.0 Å². The number of rotatable bonds is 8. The summed E-state index contributed by atoms with van der Waals surface area (Å²) in [5, 5.41) is 12.9. The minimum atomic E-state index is -4.95. The van der Waals surface area contributed by atoms with Crippen LogP contribution in [0.2, 0.25) is 0 Å². The van der Waals surface area contributed by atoms with Gasteiger partial charge in [0.15, 0.2) is 11.5 Å². The van der Waals surface area contributed by atoms with E-state index in [9.17, 15) is 23.1 Å². The number of carbonyl (C=O) groups is 1. The first-order chi connectivity index (χ1) is 19.7. The van der Waals surface area contributed by atoms with Gasteiger partial charge in [0.1, 0.15) is 23.7 Å². The van der Waals surface area contributed by atoms with Gasteiger partial charge in [-0.15, -0.1) is 0 Å². The molecule has 0 unspecified atom stereocenters. The van der Waals surface area contributed by atoms with Gasteiger partial charge < -0.3 is 14.6 Å². The monoisotopic (exact) mass is 559 g/mol. The van der Waals surface area contributed by atoms with Gasteiger partial charge >= 0.3 is 12.1 Å². The molecule has 0 atom stereocenters. The van der Waals surface area contributed by atoms with E-state index in [2.05, 4.69) is 10.1 Å². The van der Waals surface area contributed by atoms with E-state index < -0.39 is 23.4 Å². The predicted octanol–water partition coefficient (Wildman–Crippen LogP) is 7.21. The topological polar surface area (TPSA) is 86.5 Å². The van der Waals surface area contributed by atoms with E-state index in [1.54, 1.807) is 37.4 Å². The molecule has 5 aromatic rings. The Morgan fingerprint density at radius 1 is 0.951 bits per heavy atom. The van der Waals surface area contributed by atoms with Crippen LogP contribution in [0, 0.1) is 6.92 Å². The SMILES string of the molecule is COc1ccc(-c2ccc(COc3ccccc3-c3cccc(-n4ncc(C(=O)O)c4C(F)(F)F)n3)cc2)c(C)c1. The lowest BCUT2D eigenvalue weighted by Gasteiger charge is -2.14. The van der Waals surface area contributed by atoms with Crippen molar-refractivity contribution in [2.24, 2.45) is 0 Å². The molecule has 7 nitrogen and oxygen atoms in total. The molecule has 0 radical (unpaired) electrons. The Morgan fingerprint density at radius 2 is 1.71 bits per heavy atom. The summed E-state index contributed by atoms with van der Waals surface area (Å²) >= 11 is 0. The summed E-state index contributed by atoms with van der Waals surface area (Å²) in [4.78, 5) is 15.7. The maximum Gasteiger partial charge on any atom is 0.434 e. The van der Waals surface area contributed by atoms with Gasteiger partial charge in [-0.3, -0.25) is 0 Å². The fourth-order valence-corrected chi connectivity index (χ4v) is 4.48. The Hall–Kier alpha value is -5.12. The summed E-state index contributed by atoms with van der Waals surface area (Å²) < 4.78 is 53.1. The predicted molar refractivity (Wildman–Crippen MR) is 146 cm³/mol. The van der Waals surface area contributed by atoms with Gasteiger partial charge in [0.25, 0.3) is 0 Å². The standard InChI is InChI=1S/C31H24F3N3O4/c1-19-16-22(40-2)14-15-23(19)21-12-10-20(11-13-21)18-41-27-8-4-3-6-24(27)26-7-5-9-28(36-26)37-29(31(32,33)34)25(17-35-37)30(38)39/h3-17H,18H2,1-2H3,(H,38,39). The second-order valence-corrected chi connectivity index (χ2v) is 9.17. The third-order valence-corrected chi connectivity index (χ3v) is 6.48. The number of ether oxygens (including phenoxy) is 2. The molecule has 2 aromatic heterocycles. The largest absolute Gasteiger partial charge is 0.497 e. The number of alkyl halides is 3. The summed E-state index contributed by atoms with van der Waals surface area (Å²) in [5.74, 6) is -0.632. The van der Waals surface area contributed by atoms with Gasteiger partial charge in [-0.05, 0) is 65.6 Å². The van der Waals surface area contributed by atoms with Gasteiger partial charge in [0.05, 0.1) is 19.0 Å². The molecule has 0 bridgehead atoms. The number of hydrogen-bond acceptors (Lipinski definition) is 5. The maximum atomic E-state index is 13.7. The number of carboxylic acid groups (broad SMARTS) is 1. The van der Waals surface area contributed by atoms with Crippen molar-refractivity contribution in [2.45, 2.75) is 19.7 Å². The molecule has 0 saturated carbocycles. The molecular weight excluding hydrogens is 535 g/mol. The lowest BCUT2D eigenvalue weighted by molar-refractivity contribution is -0.143. The second-order valence-electron chi connectivity index (χ2n) is 9.17. The maximum absolute atomic E-state index is 13.7. The van der Waals surface area contributed by atoms with Crippen molar-refractivity contribution in [3.8, 4) is 39.7 Å². The number of nitrogens with zero attached hydrogens (tertiary/aromatic N) is 3. The van der Waals surface area contributed by atoms with Crippen LogP contribution in [0.25, 0.3) is 28.2 Å². The van der Waals surface area contributed by atoms with E-state index >= 15 is 0 Å². The van der Waals surface area contributed by atoms with Crippen molar-refractivity contribution < 1.29 is 32.5 Å². The fourth-order valence-electron chi connectivity index (χ4n) is 4.48. The number of aromatic carboxylic acids is 1. The smallest absolute Gasteiger partial charge is 0.434 e. The third-order valence-electron chi connectivity index (χ3n) is 6.48. The van der Waals surface area contributed by atoms with Crippen LogP contribution in [0.5, 0.6) is 11.5 Å². The van der Waals surface area contributed by atoms with Crippen LogP contribution in [0.4, 0.5) is 13.2 Å². The molecule has 0 amide bonds. The van der Waals surface area contributed by atoms with Crippen LogP contribution in [0.15, 0.2) is 91.1 Å².